The summed E-state index contributed by atoms with van der Waals surface area (Å²) < 4.78 is 35.4. The van der Waals surface area contributed by atoms with Crippen LogP contribution in [-0.2, 0) is 30.8 Å². The maximum atomic E-state index is 13.1. The van der Waals surface area contributed by atoms with Crippen LogP contribution in [0.3, 0.4) is 0 Å². The first kappa shape index (κ1) is 23.6. The van der Waals surface area contributed by atoms with Crippen LogP contribution in [0.15, 0.2) is 53.4 Å². The lowest BCUT2D eigenvalue weighted by molar-refractivity contribution is -0.141. The molecule has 1 fully saturated rings. The normalized spacial score (nSPS) is 15.7. The summed E-state index contributed by atoms with van der Waals surface area (Å²) in [7, 11) is -3.52. The van der Waals surface area contributed by atoms with Gasteiger partial charge in [0.2, 0.25) is 0 Å². The fourth-order valence-electron chi connectivity index (χ4n) is 3.79. The predicted octanol–water partition coefficient (Wildman–Crippen LogP) is 1.99. The number of benzene rings is 2. The van der Waals surface area contributed by atoms with Crippen molar-refractivity contribution in [2.75, 3.05) is 36.9 Å². The van der Waals surface area contributed by atoms with Gasteiger partial charge in [-0.2, -0.15) is 0 Å². The number of rotatable bonds is 6. The van der Waals surface area contributed by atoms with Crippen molar-refractivity contribution in [1.82, 2.24) is 10.0 Å². The molecular weight excluding hydrogens is 462 g/mol. The van der Waals surface area contributed by atoms with Gasteiger partial charge < -0.3 is 9.47 Å². The van der Waals surface area contributed by atoms with Gasteiger partial charge in [0.25, 0.3) is 11.8 Å². The molecule has 180 valence electrons. The van der Waals surface area contributed by atoms with Crippen LogP contribution >= 0.6 is 0 Å². The quantitative estimate of drug-likeness (QED) is 0.612. The van der Waals surface area contributed by atoms with Gasteiger partial charge in [0.1, 0.15) is 18.9 Å². The van der Waals surface area contributed by atoms with E-state index >= 15 is 0 Å². The molecule has 0 bridgehead atoms. The van der Waals surface area contributed by atoms with Gasteiger partial charge in [-0.05, 0) is 30.2 Å². The van der Waals surface area contributed by atoms with Crippen molar-refractivity contribution in [2.45, 2.75) is 24.8 Å². The van der Waals surface area contributed by atoms with Crippen LogP contribution in [0.2, 0.25) is 0 Å². The predicted molar refractivity (Wildman–Crippen MR) is 122 cm³/mol. The van der Waals surface area contributed by atoms with E-state index in [1.165, 1.54) is 40.0 Å². The highest BCUT2D eigenvalue weighted by molar-refractivity contribution is 7.91. The van der Waals surface area contributed by atoms with Gasteiger partial charge in [0.15, 0.2) is 16.4 Å². The minimum Gasteiger partial charge on any atom is -0.482 e. The first-order valence-electron chi connectivity index (χ1n) is 10.9. The van der Waals surface area contributed by atoms with E-state index in [1.54, 1.807) is 0 Å². The van der Waals surface area contributed by atoms with Gasteiger partial charge in [0.05, 0.1) is 16.3 Å². The third-order valence-corrected chi connectivity index (χ3v) is 7.37. The van der Waals surface area contributed by atoms with Gasteiger partial charge in [-0.25, -0.2) is 23.2 Å². The van der Waals surface area contributed by atoms with Crippen molar-refractivity contribution < 1.29 is 32.3 Å². The fraction of sp³-hybridized carbons (Fsp3) is 0.348. The van der Waals surface area contributed by atoms with Gasteiger partial charge in [-0.1, -0.05) is 37.3 Å². The lowest BCUT2D eigenvalue weighted by Crippen LogP contribution is -2.51. The van der Waals surface area contributed by atoms with Crippen LogP contribution in [0.5, 0.6) is 5.75 Å². The van der Waals surface area contributed by atoms with Gasteiger partial charge in [-0.3, -0.25) is 14.5 Å². The Morgan fingerprint density at radius 2 is 1.79 bits per heavy atom. The second-order valence-corrected chi connectivity index (χ2v) is 10.1. The maximum absolute atomic E-state index is 13.1. The van der Waals surface area contributed by atoms with Gasteiger partial charge >= 0.3 is 6.09 Å². The number of hydrazine groups is 1. The Bertz CT molecular complexity index is 1200. The monoisotopic (exact) mass is 487 g/mol. The van der Waals surface area contributed by atoms with Crippen molar-refractivity contribution in [1.29, 1.82) is 0 Å². The zero-order valence-corrected chi connectivity index (χ0v) is 19.5. The summed E-state index contributed by atoms with van der Waals surface area (Å²) >= 11 is 0. The molecule has 10 nitrogen and oxygen atoms in total. The number of anilines is 1. The van der Waals surface area contributed by atoms with Crippen molar-refractivity contribution in [3.8, 4) is 5.75 Å². The minimum atomic E-state index is -3.52. The van der Waals surface area contributed by atoms with E-state index in [4.69, 9.17) is 9.47 Å². The van der Waals surface area contributed by atoms with E-state index in [-0.39, 0.29) is 36.1 Å². The Kier molecular flexibility index (Phi) is 6.73. The molecule has 11 heteroatoms. The number of fused-ring (bicyclic) bond motifs is 1. The lowest BCUT2D eigenvalue weighted by atomic mass is 10.2. The number of nitrogens with zero attached hydrogens (tertiary/aromatic N) is 3. The van der Waals surface area contributed by atoms with E-state index < -0.39 is 27.7 Å². The molecule has 0 saturated carbocycles. The number of ether oxygens (including phenoxy) is 2. The fourth-order valence-corrected chi connectivity index (χ4v) is 4.69. The third-order valence-electron chi connectivity index (χ3n) is 5.64. The molecular formula is C23H25N3O7S. The Hall–Kier alpha value is -3.60. The zero-order valence-electron chi connectivity index (χ0n) is 18.7. The molecule has 0 N–H and O–H groups in total. The molecule has 3 amide bonds. The number of carbonyl (C=O) groups excluding carboxylic acids is 3. The lowest BCUT2D eigenvalue weighted by Gasteiger charge is -2.32. The van der Waals surface area contributed by atoms with E-state index in [0.29, 0.717) is 25.3 Å². The highest BCUT2D eigenvalue weighted by Gasteiger charge is 2.35. The highest BCUT2D eigenvalue weighted by Crippen LogP contribution is 2.34. The molecule has 1 saturated heterocycles. The van der Waals surface area contributed by atoms with Crippen molar-refractivity contribution >= 4 is 33.4 Å². The second-order valence-electron chi connectivity index (χ2n) is 7.84. The molecule has 2 aliphatic heterocycles. The van der Waals surface area contributed by atoms with Crippen LogP contribution in [0.1, 0.15) is 18.9 Å². The van der Waals surface area contributed by atoms with E-state index in [2.05, 4.69) is 0 Å². The largest absolute Gasteiger partial charge is 0.482 e. The number of hydrogen-bond donors (Lipinski definition) is 0. The average Bonchev–Trinajstić information content (AvgIpc) is 3.35. The summed E-state index contributed by atoms with van der Waals surface area (Å²) in [5.74, 6) is -0.765. The summed E-state index contributed by atoms with van der Waals surface area (Å²) in [6.07, 6.45) is -0.0849. The number of hydrogen-bond acceptors (Lipinski definition) is 7. The van der Waals surface area contributed by atoms with Crippen molar-refractivity contribution in [2.24, 2.45) is 0 Å². The molecule has 0 unspecified atom stereocenters. The van der Waals surface area contributed by atoms with Gasteiger partial charge in [0, 0.05) is 13.1 Å². The van der Waals surface area contributed by atoms with Gasteiger partial charge in [-0.15, -0.1) is 0 Å². The second kappa shape index (κ2) is 9.72. The molecule has 0 aromatic heterocycles. The summed E-state index contributed by atoms with van der Waals surface area (Å²) in [5.41, 5.74) is 1.03. The van der Waals surface area contributed by atoms with Crippen LogP contribution in [-0.4, -0.2) is 68.3 Å². The SMILES string of the molecule is CCS(=O)(=O)c1ccc2c(c1)N(CC(=O)N1CCCN1C(=O)OCc1ccccc1)C(=O)CO2. The molecule has 2 aromatic carbocycles. The van der Waals surface area contributed by atoms with Crippen LogP contribution < -0.4 is 9.64 Å². The highest BCUT2D eigenvalue weighted by atomic mass is 32.2. The zero-order chi connectivity index (χ0) is 24.3. The molecule has 0 spiro atoms. The molecule has 2 heterocycles. The average molecular weight is 488 g/mol. The van der Waals surface area contributed by atoms with Crippen molar-refractivity contribution in [3.05, 3.63) is 54.1 Å². The number of sulfone groups is 1. The summed E-state index contributed by atoms with van der Waals surface area (Å²) in [6, 6.07) is 13.4. The Balaban J connectivity index is 1.49. The van der Waals surface area contributed by atoms with E-state index in [9.17, 15) is 22.8 Å². The maximum Gasteiger partial charge on any atom is 0.429 e. The molecule has 0 aliphatic carbocycles. The Morgan fingerprint density at radius 3 is 2.53 bits per heavy atom. The minimum absolute atomic E-state index is 0.0387. The summed E-state index contributed by atoms with van der Waals surface area (Å²) in [6.45, 7) is 1.57. The van der Waals surface area contributed by atoms with Crippen LogP contribution in [0, 0.1) is 0 Å². The first-order valence-corrected chi connectivity index (χ1v) is 12.5. The first-order chi connectivity index (χ1) is 16.3. The molecule has 0 atom stereocenters. The molecule has 2 aromatic rings. The van der Waals surface area contributed by atoms with Crippen molar-refractivity contribution in [3.63, 3.8) is 0 Å². The van der Waals surface area contributed by atoms with E-state index in [0.717, 1.165) is 5.56 Å². The number of amides is 3. The molecule has 0 radical (unpaired) electrons. The molecule has 34 heavy (non-hydrogen) atoms. The standard InChI is InChI=1S/C23H25N3O7S/c1-2-34(30,31)18-9-10-20-19(13-18)24(22(28)16-32-20)14-21(27)25-11-6-12-26(25)23(29)33-15-17-7-4-3-5-8-17/h3-5,7-10,13H,2,6,11-12,14-16H2,1H3. The third kappa shape index (κ3) is 4.84. The topological polar surface area (TPSA) is 114 Å². The number of carbonyl (C=O) groups is 3. The summed E-state index contributed by atoms with van der Waals surface area (Å²) in [4.78, 5) is 39.6. The molecule has 2 aliphatic rings. The van der Waals surface area contributed by atoms with Crippen LogP contribution in [0.25, 0.3) is 0 Å². The summed E-state index contributed by atoms with van der Waals surface area (Å²) in [5, 5.41) is 2.50. The Morgan fingerprint density at radius 1 is 1.06 bits per heavy atom. The molecule has 4 rings (SSSR count). The van der Waals surface area contributed by atoms with Crippen LogP contribution in [0.4, 0.5) is 10.5 Å². The Labute approximate surface area is 197 Å². The van der Waals surface area contributed by atoms with E-state index in [1.807, 2.05) is 30.3 Å². The smallest absolute Gasteiger partial charge is 0.429 e.